The molecule has 5 rings (SSSR count). The van der Waals surface area contributed by atoms with Crippen molar-refractivity contribution in [2.45, 2.75) is 50.2 Å². The number of nitrogens with one attached hydrogen (secondary N) is 1. The fraction of sp³-hybridized carbons (Fsp3) is 0.481. The molecule has 0 unspecified atom stereocenters. The number of nitrogens with two attached hydrogens (primary N) is 1. The van der Waals surface area contributed by atoms with Crippen LogP contribution >= 0.6 is 0 Å². The van der Waals surface area contributed by atoms with E-state index in [2.05, 4.69) is 15.7 Å². The minimum atomic E-state index is -4.51. The largest absolute Gasteiger partial charge is 0.406 e. The third-order valence-corrected chi connectivity index (χ3v) is 7.03. The summed E-state index contributed by atoms with van der Waals surface area (Å²) in [7, 11) is 1.50. The van der Waals surface area contributed by atoms with Crippen LogP contribution in [0.2, 0.25) is 0 Å². The van der Waals surface area contributed by atoms with E-state index in [1.165, 1.54) is 19.2 Å². The number of halogens is 5. The predicted octanol–water partition coefficient (Wildman–Crippen LogP) is 3.72. The van der Waals surface area contributed by atoms with Crippen LogP contribution in [0.4, 0.5) is 22.0 Å². The Bertz CT molecular complexity index is 1370. The van der Waals surface area contributed by atoms with Gasteiger partial charge in [-0.2, -0.15) is 13.2 Å². The zero-order valence-corrected chi connectivity index (χ0v) is 22.5. The molecule has 2 aliphatic heterocycles. The SMILES string of the molecule is CN.O=C1CCC[C@@H](c2cccc(F)c2F)CN1CC(F)(F)F.O=CN1CCC(n2c(=O)[nH]c3ncccc32)CC1. The Morgan fingerprint density at radius 1 is 1.07 bits per heavy atom. The minimum absolute atomic E-state index is 0.0104. The third-order valence-electron chi connectivity index (χ3n) is 7.03. The number of carbonyl (C=O) groups excluding carboxylic acids is 2. The highest BCUT2D eigenvalue weighted by atomic mass is 19.4. The first-order valence-corrected chi connectivity index (χ1v) is 13.2. The van der Waals surface area contributed by atoms with Crippen molar-refractivity contribution in [3.63, 3.8) is 0 Å². The number of H-pyrrole nitrogens is 1. The molecule has 0 radical (unpaired) electrons. The first-order chi connectivity index (χ1) is 19.6. The van der Waals surface area contributed by atoms with E-state index in [1.54, 1.807) is 15.7 Å². The van der Waals surface area contributed by atoms with Gasteiger partial charge >= 0.3 is 11.9 Å². The average molecular weight is 585 g/mol. The molecule has 0 aliphatic carbocycles. The average Bonchev–Trinajstić information content (AvgIpc) is 3.19. The summed E-state index contributed by atoms with van der Waals surface area (Å²) in [5.74, 6) is -3.32. The second-order valence-electron chi connectivity index (χ2n) is 9.67. The molecule has 14 heteroatoms. The van der Waals surface area contributed by atoms with Gasteiger partial charge in [0.25, 0.3) is 0 Å². The van der Waals surface area contributed by atoms with Gasteiger partial charge in [-0.3, -0.25) is 19.1 Å². The summed E-state index contributed by atoms with van der Waals surface area (Å²) in [6.07, 6.45) is 0.331. The highest BCUT2D eigenvalue weighted by Crippen LogP contribution is 2.31. The Morgan fingerprint density at radius 3 is 2.44 bits per heavy atom. The van der Waals surface area contributed by atoms with Gasteiger partial charge in [-0.1, -0.05) is 12.1 Å². The van der Waals surface area contributed by atoms with Crippen molar-refractivity contribution >= 4 is 23.5 Å². The lowest BCUT2D eigenvalue weighted by Crippen LogP contribution is -2.40. The number of hydrogen-bond donors (Lipinski definition) is 2. The maximum absolute atomic E-state index is 13.8. The van der Waals surface area contributed by atoms with Crippen LogP contribution in [0.25, 0.3) is 11.2 Å². The van der Waals surface area contributed by atoms with Crippen molar-refractivity contribution in [1.82, 2.24) is 24.3 Å². The van der Waals surface area contributed by atoms with Crippen LogP contribution in [0.3, 0.4) is 0 Å². The van der Waals surface area contributed by atoms with Crippen molar-refractivity contribution in [2.24, 2.45) is 5.73 Å². The van der Waals surface area contributed by atoms with Crippen LogP contribution in [0.5, 0.6) is 0 Å². The first-order valence-electron chi connectivity index (χ1n) is 13.2. The number of benzene rings is 1. The lowest BCUT2D eigenvalue weighted by atomic mass is 9.93. The Kier molecular flexibility index (Phi) is 11.0. The normalized spacial score (nSPS) is 18.2. The molecule has 2 saturated heterocycles. The van der Waals surface area contributed by atoms with Gasteiger partial charge < -0.3 is 15.5 Å². The molecule has 2 fully saturated rings. The summed E-state index contributed by atoms with van der Waals surface area (Å²) in [4.78, 5) is 43.7. The molecule has 0 bridgehead atoms. The van der Waals surface area contributed by atoms with Crippen LogP contribution in [0, 0.1) is 11.6 Å². The van der Waals surface area contributed by atoms with Crippen LogP contribution in [0.1, 0.15) is 49.6 Å². The van der Waals surface area contributed by atoms with Crippen molar-refractivity contribution in [2.75, 3.05) is 33.2 Å². The Morgan fingerprint density at radius 2 is 1.78 bits per heavy atom. The van der Waals surface area contributed by atoms with E-state index in [0.717, 1.165) is 30.8 Å². The maximum Gasteiger partial charge on any atom is 0.406 e. The third kappa shape index (κ3) is 8.12. The van der Waals surface area contributed by atoms with Crippen LogP contribution in [0.15, 0.2) is 41.3 Å². The lowest BCUT2D eigenvalue weighted by molar-refractivity contribution is -0.160. The number of aromatic nitrogens is 3. The number of amides is 2. The summed E-state index contributed by atoms with van der Waals surface area (Å²) >= 11 is 0. The number of rotatable bonds is 4. The molecular formula is C27H33F5N6O3. The summed E-state index contributed by atoms with van der Waals surface area (Å²) in [5.41, 5.74) is 5.87. The van der Waals surface area contributed by atoms with Crippen molar-refractivity contribution < 1.29 is 31.5 Å². The highest BCUT2D eigenvalue weighted by Gasteiger charge is 2.36. The second-order valence-corrected chi connectivity index (χ2v) is 9.67. The Labute approximate surface area is 233 Å². The number of fused-ring (bicyclic) bond motifs is 1. The topological polar surface area (TPSA) is 117 Å². The van der Waals surface area contributed by atoms with E-state index >= 15 is 0 Å². The standard InChI is InChI=1S/C14H14F5NO.C12H14N4O2.CH5N/c15-11-5-2-4-10(13(11)16)9-3-1-6-12(21)20(7-9)8-14(17,18)19;17-8-15-6-3-9(4-7-15)16-10-2-1-5-13-11(10)14-12(16)18;1-2/h2,4-5,9H,1,3,6-8H2;1-2,5,8-9H,3-4,6-7H2,(H,13,14,18);2H2,1H3/t9-;;/m1../s1. The number of aromatic amines is 1. The molecule has 3 aromatic rings. The first kappa shape index (κ1) is 31.7. The van der Waals surface area contributed by atoms with Crippen LogP contribution in [-0.4, -0.2) is 76.1 Å². The Balaban J connectivity index is 0.000000214. The molecule has 1 aromatic carbocycles. The molecule has 9 nitrogen and oxygen atoms in total. The molecule has 0 spiro atoms. The van der Waals surface area contributed by atoms with E-state index in [4.69, 9.17) is 0 Å². The Hall–Kier alpha value is -3.81. The van der Waals surface area contributed by atoms with E-state index in [-0.39, 0.29) is 30.3 Å². The van der Waals surface area contributed by atoms with Gasteiger partial charge in [0.1, 0.15) is 6.54 Å². The van der Waals surface area contributed by atoms with E-state index in [1.807, 2.05) is 12.1 Å². The van der Waals surface area contributed by atoms with E-state index in [9.17, 15) is 36.3 Å². The van der Waals surface area contributed by atoms with Gasteiger partial charge in [-0.15, -0.1) is 0 Å². The molecule has 2 aliphatic rings. The van der Waals surface area contributed by atoms with Crippen molar-refractivity contribution in [1.29, 1.82) is 0 Å². The number of imidazole rings is 1. The van der Waals surface area contributed by atoms with Gasteiger partial charge in [-0.25, -0.2) is 18.6 Å². The number of piperidine rings is 1. The van der Waals surface area contributed by atoms with Gasteiger partial charge in [0, 0.05) is 44.2 Å². The monoisotopic (exact) mass is 584 g/mol. The minimum Gasteiger partial charge on any atom is -0.345 e. The fourth-order valence-corrected chi connectivity index (χ4v) is 5.15. The zero-order chi connectivity index (χ0) is 30.2. The zero-order valence-electron chi connectivity index (χ0n) is 22.5. The predicted molar refractivity (Wildman–Crippen MR) is 142 cm³/mol. The molecule has 2 aromatic heterocycles. The molecule has 41 heavy (non-hydrogen) atoms. The molecule has 4 heterocycles. The van der Waals surface area contributed by atoms with Gasteiger partial charge in [0.15, 0.2) is 17.3 Å². The van der Waals surface area contributed by atoms with Crippen LogP contribution < -0.4 is 11.4 Å². The second kappa shape index (κ2) is 14.2. The highest BCUT2D eigenvalue weighted by molar-refractivity contribution is 5.76. The molecule has 2 amide bonds. The molecule has 1 atom stereocenters. The number of carbonyl (C=O) groups is 2. The summed E-state index contributed by atoms with van der Waals surface area (Å²) in [5, 5.41) is 0. The molecule has 224 valence electrons. The number of pyridine rings is 1. The number of nitrogens with zero attached hydrogens (tertiary/aromatic N) is 4. The van der Waals surface area contributed by atoms with E-state index < -0.39 is 36.2 Å². The number of hydrogen-bond acceptors (Lipinski definition) is 5. The van der Waals surface area contributed by atoms with Gasteiger partial charge in [0.05, 0.1) is 5.52 Å². The summed E-state index contributed by atoms with van der Waals surface area (Å²) in [6.45, 7) is -0.209. The molecule has 3 N–H and O–H groups in total. The van der Waals surface area contributed by atoms with Gasteiger partial charge in [-0.05, 0) is 56.5 Å². The smallest absolute Gasteiger partial charge is 0.345 e. The van der Waals surface area contributed by atoms with Crippen LogP contribution in [-0.2, 0) is 9.59 Å². The van der Waals surface area contributed by atoms with Crippen molar-refractivity contribution in [3.8, 4) is 0 Å². The summed E-state index contributed by atoms with van der Waals surface area (Å²) in [6, 6.07) is 7.48. The lowest BCUT2D eigenvalue weighted by Gasteiger charge is -2.29. The van der Waals surface area contributed by atoms with Gasteiger partial charge in [0.2, 0.25) is 12.3 Å². The summed E-state index contributed by atoms with van der Waals surface area (Å²) < 4.78 is 66.3. The maximum atomic E-state index is 13.8. The molecule has 0 saturated carbocycles. The van der Waals surface area contributed by atoms with E-state index in [0.29, 0.717) is 36.5 Å². The fourth-order valence-electron chi connectivity index (χ4n) is 5.15. The van der Waals surface area contributed by atoms with Crippen molar-refractivity contribution in [3.05, 3.63) is 64.2 Å². The number of likely N-dealkylation sites (tertiary alicyclic amines) is 2. The quantitative estimate of drug-likeness (QED) is 0.358. The number of alkyl halides is 3. The molecular weight excluding hydrogens is 551 g/mol.